The number of anilines is 2. The van der Waals surface area contributed by atoms with Crippen molar-refractivity contribution in [2.45, 2.75) is 23.8 Å². The van der Waals surface area contributed by atoms with Gasteiger partial charge in [0.1, 0.15) is 0 Å². The fourth-order valence-electron chi connectivity index (χ4n) is 1.94. The third-order valence-corrected chi connectivity index (χ3v) is 5.62. The molecule has 1 saturated carbocycles. The Kier molecular flexibility index (Phi) is 2.91. The van der Waals surface area contributed by atoms with Gasteiger partial charge in [0, 0.05) is 28.9 Å². The third-order valence-electron chi connectivity index (χ3n) is 2.99. The zero-order valence-corrected chi connectivity index (χ0v) is 11.4. The number of hydrogen-bond acceptors (Lipinski definition) is 4. The Bertz CT molecular complexity index is 570. The quantitative estimate of drug-likeness (QED) is 0.818. The lowest BCUT2D eigenvalue weighted by molar-refractivity contribution is 0.576. The second kappa shape index (κ2) is 4.32. The first kappa shape index (κ1) is 12.1. The maximum atomic E-state index is 12.3. The molecule has 98 valence electrons. The van der Waals surface area contributed by atoms with Crippen LogP contribution in [0.1, 0.15) is 12.8 Å². The number of fused-ring (bicyclic) bond motifs is 1. The van der Waals surface area contributed by atoms with Gasteiger partial charge in [-0.05, 0) is 31.0 Å². The molecule has 0 aromatic heterocycles. The molecule has 0 radical (unpaired) electrons. The van der Waals surface area contributed by atoms with Gasteiger partial charge < -0.3 is 5.73 Å². The summed E-state index contributed by atoms with van der Waals surface area (Å²) < 4.78 is 28.7. The topological polar surface area (TPSA) is 75.4 Å². The molecule has 3 N–H and O–H groups in total. The Labute approximate surface area is 111 Å². The van der Waals surface area contributed by atoms with Crippen LogP contribution in [0.2, 0.25) is 0 Å². The summed E-state index contributed by atoms with van der Waals surface area (Å²) in [6.07, 6.45) is 1.87. The largest absolute Gasteiger partial charge is 0.399 e. The molecule has 1 aliphatic heterocycles. The SMILES string of the molecule is Nc1ccc2c(c1)N(S(=O)(=O)NC1CC1)CCS2. The van der Waals surface area contributed by atoms with Gasteiger partial charge in [-0.25, -0.2) is 0 Å². The number of nitrogens with zero attached hydrogens (tertiary/aromatic N) is 1. The van der Waals surface area contributed by atoms with E-state index in [1.807, 2.05) is 6.07 Å². The highest BCUT2D eigenvalue weighted by atomic mass is 32.2. The molecule has 3 rings (SSSR count). The lowest BCUT2D eigenvalue weighted by atomic mass is 10.3. The van der Waals surface area contributed by atoms with Crippen LogP contribution in [0.15, 0.2) is 23.1 Å². The predicted molar refractivity (Wildman–Crippen MR) is 74.0 cm³/mol. The van der Waals surface area contributed by atoms with Gasteiger partial charge in [0.05, 0.1) is 5.69 Å². The van der Waals surface area contributed by atoms with Crippen LogP contribution in [0.25, 0.3) is 0 Å². The fraction of sp³-hybridized carbons (Fsp3) is 0.455. The molecule has 2 aliphatic rings. The van der Waals surface area contributed by atoms with Crippen LogP contribution >= 0.6 is 11.8 Å². The van der Waals surface area contributed by atoms with Gasteiger partial charge in [0.15, 0.2) is 0 Å². The van der Waals surface area contributed by atoms with Crippen LogP contribution in [0.5, 0.6) is 0 Å². The Morgan fingerprint density at radius 1 is 1.39 bits per heavy atom. The monoisotopic (exact) mass is 285 g/mol. The van der Waals surface area contributed by atoms with E-state index < -0.39 is 10.2 Å². The summed E-state index contributed by atoms with van der Waals surface area (Å²) in [4.78, 5) is 0.969. The van der Waals surface area contributed by atoms with Crippen LogP contribution in [0.4, 0.5) is 11.4 Å². The number of hydrogen-bond donors (Lipinski definition) is 2. The minimum absolute atomic E-state index is 0.120. The number of thioether (sulfide) groups is 1. The zero-order valence-electron chi connectivity index (χ0n) is 9.80. The van der Waals surface area contributed by atoms with Crippen molar-refractivity contribution in [3.05, 3.63) is 18.2 Å². The Hall–Kier alpha value is -0.920. The highest BCUT2D eigenvalue weighted by Crippen LogP contribution is 2.37. The smallest absolute Gasteiger partial charge is 0.301 e. The first-order valence-corrected chi connectivity index (χ1v) is 8.31. The van der Waals surface area contributed by atoms with Crippen molar-refractivity contribution in [2.75, 3.05) is 22.3 Å². The average molecular weight is 285 g/mol. The molecule has 0 bridgehead atoms. The lowest BCUT2D eigenvalue weighted by Crippen LogP contribution is -2.44. The van der Waals surface area contributed by atoms with Crippen molar-refractivity contribution >= 4 is 33.3 Å². The van der Waals surface area contributed by atoms with Gasteiger partial charge in [-0.15, -0.1) is 11.8 Å². The summed E-state index contributed by atoms with van der Waals surface area (Å²) in [5.41, 5.74) is 7.03. The molecular formula is C11H15N3O2S2. The van der Waals surface area contributed by atoms with Gasteiger partial charge in [0.2, 0.25) is 0 Å². The number of benzene rings is 1. The molecule has 18 heavy (non-hydrogen) atoms. The minimum Gasteiger partial charge on any atom is -0.399 e. The van der Waals surface area contributed by atoms with E-state index in [1.54, 1.807) is 23.9 Å². The molecule has 7 heteroatoms. The standard InChI is InChI=1S/C11H15N3O2S2/c12-8-1-4-11-10(7-8)14(5-6-17-11)18(15,16)13-9-2-3-9/h1,4,7,9,13H,2-3,5-6,12H2. The summed E-state index contributed by atoms with van der Waals surface area (Å²) in [6, 6.07) is 5.53. The second-order valence-corrected chi connectivity index (χ2v) is 7.31. The third kappa shape index (κ3) is 2.30. The number of nitrogen functional groups attached to an aromatic ring is 1. The molecule has 0 spiro atoms. The van der Waals surface area contributed by atoms with Crippen molar-refractivity contribution in [1.29, 1.82) is 0 Å². The van der Waals surface area contributed by atoms with E-state index in [0.29, 0.717) is 17.9 Å². The lowest BCUT2D eigenvalue weighted by Gasteiger charge is -2.30. The first-order valence-electron chi connectivity index (χ1n) is 5.88. The van der Waals surface area contributed by atoms with Crippen LogP contribution in [0.3, 0.4) is 0 Å². The molecule has 1 heterocycles. The molecule has 0 atom stereocenters. The van der Waals surface area contributed by atoms with Crippen LogP contribution < -0.4 is 14.8 Å². The van der Waals surface area contributed by atoms with E-state index in [0.717, 1.165) is 23.5 Å². The van der Waals surface area contributed by atoms with E-state index in [-0.39, 0.29) is 6.04 Å². The number of rotatable bonds is 3. The van der Waals surface area contributed by atoms with Gasteiger partial charge in [-0.2, -0.15) is 13.1 Å². The molecule has 0 saturated heterocycles. The highest BCUT2D eigenvalue weighted by molar-refractivity contribution is 7.99. The predicted octanol–water partition coefficient (Wildman–Crippen LogP) is 1.18. The average Bonchev–Trinajstić information content (AvgIpc) is 3.11. The first-order chi connectivity index (χ1) is 8.56. The van der Waals surface area contributed by atoms with E-state index in [2.05, 4.69) is 4.72 Å². The molecule has 1 aliphatic carbocycles. The minimum atomic E-state index is -3.44. The van der Waals surface area contributed by atoms with E-state index in [9.17, 15) is 8.42 Å². The van der Waals surface area contributed by atoms with Gasteiger partial charge in [-0.3, -0.25) is 4.31 Å². The van der Waals surface area contributed by atoms with Gasteiger partial charge >= 0.3 is 10.2 Å². The second-order valence-electron chi connectivity index (χ2n) is 4.54. The molecule has 1 aromatic rings. The summed E-state index contributed by atoms with van der Waals surface area (Å²) in [5.74, 6) is 0.766. The summed E-state index contributed by atoms with van der Waals surface area (Å²) >= 11 is 1.66. The van der Waals surface area contributed by atoms with Crippen LogP contribution in [-0.4, -0.2) is 26.8 Å². The maximum Gasteiger partial charge on any atom is 0.301 e. The van der Waals surface area contributed by atoms with E-state index >= 15 is 0 Å². The van der Waals surface area contributed by atoms with Gasteiger partial charge in [0.25, 0.3) is 0 Å². The van der Waals surface area contributed by atoms with Crippen LogP contribution in [0, 0.1) is 0 Å². The Morgan fingerprint density at radius 2 is 2.17 bits per heavy atom. The molecular weight excluding hydrogens is 270 g/mol. The van der Waals surface area contributed by atoms with Crippen molar-refractivity contribution < 1.29 is 8.42 Å². The Morgan fingerprint density at radius 3 is 2.89 bits per heavy atom. The molecule has 1 aromatic carbocycles. The highest BCUT2D eigenvalue weighted by Gasteiger charge is 2.33. The maximum absolute atomic E-state index is 12.3. The normalized spacial score (nSPS) is 19.7. The summed E-state index contributed by atoms with van der Waals surface area (Å²) in [5, 5.41) is 0. The Balaban J connectivity index is 1.97. The zero-order chi connectivity index (χ0) is 12.8. The van der Waals surface area contributed by atoms with Crippen molar-refractivity contribution in [2.24, 2.45) is 0 Å². The molecule has 0 unspecified atom stereocenters. The summed E-state index contributed by atoms with van der Waals surface area (Å²) in [6.45, 7) is 0.489. The fourth-order valence-corrected chi connectivity index (χ4v) is 4.61. The number of nitrogens with one attached hydrogen (secondary N) is 1. The number of nitrogens with two attached hydrogens (primary N) is 1. The van der Waals surface area contributed by atoms with Crippen molar-refractivity contribution in [3.63, 3.8) is 0 Å². The van der Waals surface area contributed by atoms with Crippen molar-refractivity contribution in [3.8, 4) is 0 Å². The van der Waals surface area contributed by atoms with E-state index in [4.69, 9.17) is 5.73 Å². The van der Waals surface area contributed by atoms with E-state index in [1.165, 1.54) is 4.31 Å². The van der Waals surface area contributed by atoms with Crippen molar-refractivity contribution in [1.82, 2.24) is 4.72 Å². The van der Waals surface area contributed by atoms with Gasteiger partial charge in [-0.1, -0.05) is 0 Å². The molecule has 1 fully saturated rings. The molecule has 5 nitrogen and oxygen atoms in total. The van der Waals surface area contributed by atoms with Crippen LogP contribution in [-0.2, 0) is 10.2 Å². The molecule has 0 amide bonds. The summed E-state index contributed by atoms with van der Waals surface area (Å²) in [7, 11) is -3.44.